The lowest BCUT2D eigenvalue weighted by molar-refractivity contribution is 0.178. The van der Waals surface area contributed by atoms with Crippen LogP contribution < -0.4 is 10.6 Å². The molecule has 2 N–H and O–H groups in total. The Morgan fingerprint density at radius 2 is 1.77 bits per heavy atom. The van der Waals surface area contributed by atoms with Crippen LogP contribution in [0, 0.1) is 0 Å². The average molecular weight is 469 g/mol. The smallest absolute Gasteiger partial charge is 0.191 e. The van der Waals surface area contributed by atoms with E-state index < -0.39 is 0 Å². The van der Waals surface area contributed by atoms with Crippen molar-refractivity contribution in [1.82, 2.24) is 20.5 Å². The molecule has 2 rings (SSSR count). The lowest BCUT2D eigenvalue weighted by Gasteiger charge is -2.30. The summed E-state index contributed by atoms with van der Waals surface area (Å²) in [6.07, 6.45) is 1.84. The summed E-state index contributed by atoms with van der Waals surface area (Å²) in [5.41, 5.74) is 2.21. The lowest BCUT2D eigenvalue weighted by atomic mass is 10.1. The van der Waals surface area contributed by atoms with E-state index >= 15 is 0 Å². The molecule has 0 amide bonds. The van der Waals surface area contributed by atoms with Crippen LogP contribution in [0.2, 0.25) is 0 Å². The summed E-state index contributed by atoms with van der Waals surface area (Å²) >= 11 is 0. The van der Waals surface area contributed by atoms with Crippen molar-refractivity contribution < 1.29 is 0 Å². The van der Waals surface area contributed by atoms with Crippen LogP contribution in [-0.2, 0) is 6.54 Å². The molecule has 0 fully saturated rings. The molecule has 0 unspecified atom stereocenters. The van der Waals surface area contributed by atoms with Crippen molar-refractivity contribution in [2.75, 3.05) is 20.1 Å². The maximum atomic E-state index is 4.50. The molecule has 0 atom stereocenters. The Balaban J connectivity index is 0.00000338. The minimum absolute atomic E-state index is 0. The number of nitrogens with zero attached hydrogens (tertiary/aromatic N) is 3. The largest absolute Gasteiger partial charge is 0.355 e. The highest BCUT2D eigenvalue weighted by Crippen LogP contribution is 2.15. The molecule has 1 aromatic carbocycles. The summed E-state index contributed by atoms with van der Waals surface area (Å²) in [6.45, 7) is 11.5. The van der Waals surface area contributed by atoms with Gasteiger partial charge in [0.15, 0.2) is 5.96 Å². The minimum Gasteiger partial charge on any atom is -0.355 e. The maximum absolute atomic E-state index is 4.50. The second-order valence-electron chi connectivity index (χ2n) is 6.77. The molecular formula is C20H32IN5. The summed E-state index contributed by atoms with van der Waals surface area (Å²) in [5, 5.41) is 7.96. The van der Waals surface area contributed by atoms with E-state index in [1.54, 1.807) is 7.05 Å². The molecule has 0 spiro atoms. The topological polar surface area (TPSA) is 52.6 Å². The van der Waals surface area contributed by atoms with Gasteiger partial charge in [0.2, 0.25) is 0 Å². The van der Waals surface area contributed by atoms with Crippen LogP contribution in [0.5, 0.6) is 0 Å². The molecule has 5 nitrogen and oxygen atoms in total. The number of fused-ring (bicyclic) bond motifs is 1. The highest BCUT2D eigenvalue weighted by atomic mass is 127. The monoisotopic (exact) mass is 469 g/mol. The van der Waals surface area contributed by atoms with E-state index in [-0.39, 0.29) is 24.0 Å². The molecule has 0 bridgehead atoms. The predicted octanol–water partition coefficient (Wildman–Crippen LogP) is 3.64. The van der Waals surface area contributed by atoms with Gasteiger partial charge in [-0.15, -0.1) is 24.0 Å². The van der Waals surface area contributed by atoms with E-state index in [2.05, 4.69) is 77.5 Å². The van der Waals surface area contributed by atoms with Gasteiger partial charge in [0.25, 0.3) is 0 Å². The van der Waals surface area contributed by atoms with Crippen LogP contribution in [0.3, 0.4) is 0 Å². The highest BCUT2D eigenvalue weighted by Gasteiger charge is 2.12. The summed E-state index contributed by atoms with van der Waals surface area (Å²) in [7, 11) is 1.80. The van der Waals surface area contributed by atoms with Crippen molar-refractivity contribution in [2.45, 2.75) is 46.3 Å². The fourth-order valence-corrected chi connectivity index (χ4v) is 3.13. The third-order valence-electron chi connectivity index (χ3n) is 4.38. The molecular weight excluding hydrogens is 437 g/mol. The van der Waals surface area contributed by atoms with Crippen molar-refractivity contribution in [3.63, 3.8) is 0 Å². The number of aliphatic imine (C=N–C) groups is 1. The molecule has 0 saturated carbocycles. The van der Waals surface area contributed by atoms with E-state index in [0.717, 1.165) is 30.0 Å². The fraction of sp³-hybridized carbons (Fsp3) is 0.500. The molecule has 0 saturated heterocycles. The molecule has 0 aliphatic carbocycles. The number of nitrogens with one attached hydrogen (secondary N) is 2. The van der Waals surface area contributed by atoms with Gasteiger partial charge in [-0.05, 0) is 39.3 Å². The summed E-state index contributed by atoms with van der Waals surface area (Å²) in [5.74, 6) is 0.820. The van der Waals surface area contributed by atoms with Crippen LogP contribution in [-0.4, -0.2) is 48.1 Å². The molecule has 26 heavy (non-hydrogen) atoms. The SMILES string of the molecule is CN=C(NCCN(C(C)C)C(C)C)NCc1cccc2cccnc12.I. The molecule has 1 heterocycles. The molecule has 2 aromatic rings. The molecule has 144 valence electrons. The Hall–Kier alpha value is -1.41. The number of hydrogen-bond acceptors (Lipinski definition) is 3. The quantitative estimate of drug-likeness (QED) is 0.370. The number of para-hydroxylation sites is 1. The molecule has 6 heteroatoms. The predicted molar refractivity (Wildman–Crippen MR) is 122 cm³/mol. The number of guanidine groups is 1. The van der Waals surface area contributed by atoms with Crippen LogP contribution in [0.25, 0.3) is 10.9 Å². The second kappa shape index (κ2) is 11.3. The highest BCUT2D eigenvalue weighted by molar-refractivity contribution is 14.0. The Bertz CT molecular complexity index is 686. The third-order valence-corrected chi connectivity index (χ3v) is 4.38. The Morgan fingerprint density at radius 3 is 2.42 bits per heavy atom. The van der Waals surface area contributed by atoms with E-state index in [1.807, 2.05) is 12.3 Å². The van der Waals surface area contributed by atoms with Crippen LogP contribution in [0.1, 0.15) is 33.3 Å². The molecule has 0 radical (unpaired) electrons. The van der Waals surface area contributed by atoms with Crippen molar-refractivity contribution >= 4 is 40.8 Å². The normalized spacial score (nSPS) is 11.9. The first-order valence-corrected chi connectivity index (χ1v) is 9.05. The van der Waals surface area contributed by atoms with Gasteiger partial charge in [-0.25, -0.2) is 0 Å². The second-order valence-corrected chi connectivity index (χ2v) is 6.77. The van der Waals surface area contributed by atoms with Gasteiger partial charge in [-0.1, -0.05) is 24.3 Å². The van der Waals surface area contributed by atoms with Crippen LogP contribution >= 0.6 is 24.0 Å². The zero-order chi connectivity index (χ0) is 18.2. The van der Waals surface area contributed by atoms with E-state index in [9.17, 15) is 0 Å². The number of hydrogen-bond donors (Lipinski definition) is 2. The van der Waals surface area contributed by atoms with Crippen molar-refractivity contribution in [3.8, 4) is 0 Å². The third kappa shape index (κ3) is 6.39. The molecule has 0 aliphatic heterocycles. The van der Waals surface area contributed by atoms with Gasteiger partial charge in [0, 0.05) is 50.3 Å². The van der Waals surface area contributed by atoms with E-state index in [1.165, 1.54) is 5.56 Å². The van der Waals surface area contributed by atoms with Crippen molar-refractivity contribution in [1.29, 1.82) is 0 Å². The number of pyridine rings is 1. The van der Waals surface area contributed by atoms with Gasteiger partial charge in [0.1, 0.15) is 0 Å². The van der Waals surface area contributed by atoms with Gasteiger partial charge in [-0.2, -0.15) is 0 Å². The van der Waals surface area contributed by atoms with Crippen molar-refractivity contribution in [2.24, 2.45) is 4.99 Å². The van der Waals surface area contributed by atoms with Gasteiger partial charge < -0.3 is 10.6 Å². The number of halogens is 1. The first-order valence-electron chi connectivity index (χ1n) is 9.05. The molecule has 0 aliphatic rings. The first kappa shape index (κ1) is 22.6. The minimum atomic E-state index is 0. The van der Waals surface area contributed by atoms with Crippen molar-refractivity contribution in [3.05, 3.63) is 42.1 Å². The zero-order valence-corrected chi connectivity index (χ0v) is 18.8. The molecule has 1 aromatic heterocycles. The zero-order valence-electron chi connectivity index (χ0n) is 16.5. The van der Waals surface area contributed by atoms with Gasteiger partial charge in [-0.3, -0.25) is 14.9 Å². The van der Waals surface area contributed by atoms with Gasteiger partial charge in [0.05, 0.1) is 5.52 Å². The number of aromatic nitrogens is 1. The Kier molecular flexibility index (Phi) is 9.87. The fourth-order valence-electron chi connectivity index (χ4n) is 3.13. The standard InChI is InChI=1S/C20H31N5.HI/c1-15(2)25(16(3)4)13-12-23-20(21-5)24-14-18-9-6-8-17-10-7-11-22-19(17)18;/h6-11,15-16H,12-14H2,1-5H3,(H2,21,23,24);1H. The van der Waals surface area contributed by atoms with Crippen LogP contribution in [0.4, 0.5) is 0 Å². The number of rotatable bonds is 7. The Morgan fingerprint density at radius 1 is 1.08 bits per heavy atom. The van der Waals surface area contributed by atoms with Crippen LogP contribution in [0.15, 0.2) is 41.5 Å². The lowest BCUT2D eigenvalue weighted by Crippen LogP contribution is -2.45. The maximum Gasteiger partial charge on any atom is 0.191 e. The first-order chi connectivity index (χ1) is 12.0. The summed E-state index contributed by atoms with van der Waals surface area (Å²) in [4.78, 5) is 11.3. The number of benzene rings is 1. The van der Waals surface area contributed by atoms with E-state index in [0.29, 0.717) is 18.6 Å². The average Bonchev–Trinajstić information content (AvgIpc) is 2.60. The summed E-state index contributed by atoms with van der Waals surface area (Å²) < 4.78 is 0. The summed E-state index contributed by atoms with van der Waals surface area (Å²) in [6, 6.07) is 11.4. The Labute approximate surface area is 174 Å². The van der Waals surface area contributed by atoms with E-state index in [4.69, 9.17) is 0 Å². The van der Waals surface area contributed by atoms with Gasteiger partial charge >= 0.3 is 0 Å².